The summed E-state index contributed by atoms with van der Waals surface area (Å²) in [5.41, 5.74) is 0.230. The fourth-order valence-electron chi connectivity index (χ4n) is 7.91. The van der Waals surface area contributed by atoms with Gasteiger partial charge >= 0.3 is 34.8 Å². The predicted octanol–water partition coefficient (Wildman–Crippen LogP) is -6.80. The summed E-state index contributed by atoms with van der Waals surface area (Å²) in [6, 6.07) is 1.73. The molecule has 0 spiro atoms. The molecule has 0 saturated carbocycles. The molecule has 39 heteroatoms. The van der Waals surface area contributed by atoms with Crippen LogP contribution in [-0.4, -0.2) is 190 Å². The maximum Gasteiger partial charge on any atom is 0.472 e. The van der Waals surface area contributed by atoms with Crippen LogP contribution in [0.15, 0.2) is 54.8 Å². The number of imidazole rings is 1. The lowest BCUT2D eigenvalue weighted by molar-refractivity contribution is -0.0636. The molecule has 4 saturated heterocycles. The second-order valence-electron chi connectivity index (χ2n) is 16.1. The summed E-state index contributed by atoms with van der Waals surface area (Å²) >= 11 is 0. The van der Waals surface area contributed by atoms with Gasteiger partial charge in [-0.25, -0.2) is 28.3 Å². The minimum atomic E-state index is -5.70. The Balaban J connectivity index is 1.01. The zero-order chi connectivity index (χ0) is 52.2. The summed E-state index contributed by atoms with van der Waals surface area (Å²) in [4.78, 5) is 107. The van der Waals surface area contributed by atoms with Crippen LogP contribution < -0.4 is 33.8 Å². The van der Waals surface area contributed by atoms with Gasteiger partial charge in [-0.15, -0.1) is 0 Å². The van der Waals surface area contributed by atoms with Gasteiger partial charge in [0.2, 0.25) is 5.95 Å². The number of phosphoric acid groups is 3. The zero-order valence-corrected chi connectivity index (χ0v) is 38.8. The average Bonchev–Trinajstić information content (AvgIpc) is 4.10. The van der Waals surface area contributed by atoms with E-state index in [-0.39, 0.29) is 17.8 Å². The summed E-state index contributed by atoms with van der Waals surface area (Å²) < 4.78 is 95.4. The molecule has 8 heterocycles. The van der Waals surface area contributed by atoms with Gasteiger partial charge in [0.25, 0.3) is 16.7 Å². The van der Waals surface area contributed by atoms with Crippen molar-refractivity contribution in [3.63, 3.8) is 0 Å². The molecule has 0 aliphatic carbocycles. The highest BCUT2D eigenvalue weighted by molar-refractivity contribution is 7.48. The maximum absolute atomic E-state index is 13.8. The minimum absolute atomic E-state index is 0.324. The number of H-pyrrole nitrogens is 3. The lowest BCUT2D eigenvalue weighted by Gasteiger charge is -2.26. The first-order valence-electron chi connectivity index (χ1n) is 20.8. The Kier molecular flexibility index (Phi) is 15.7. The summed E-state index contributed by atoms with van der Waals surface area (Å²) in [6.07, 6.45) is -24.9. The van der Waals surface area contributed by atoms with E-state index in [4.69, 9.17) is 51.8 Å². The number of nitrogens with zero attached hydrogens (tertiary/aromatic N) is 5. The number of aliphatic hydroxyl groups is 6. The van der Waals surface area contributed by atoms with Crippen LogP contribution in [0.25, 0.3) is 11.2 Å². The van der Waals surface area contributed by atoms with Crippen LogP contribution in [0.1, 0.15) is 18.7 Å². The largest absolute Gasteiger partial charge is 0.472 e. The second kappa shape index (κ2) is 21.0. The number of phosphoric ester groups is 3. The van der Waals surface area contributed by atoms with Crippen molar-refractivity contribution in [2.45, 2.75) is 91.9 Å². The fraction of sp³-hybridized carbons (Fsp3) is 0.606. The Hall–Kier alpha value is -4.56. The van der Waals surface area contributed by atoms with Crippen LogP contribution >= 0.6 is 23.5 Å². The van der Waals surface area contributed by atoms with Gasteiger partial charge < -0.3 is 70.0 Å². The van der Waals surface area contributed by atoms with Gasteiger partial charge in [0.1, 0.15) is 73.2 Å². The summed E-state index contributed by atoms with van der Waals surface area (Å²) in [6.45, 7) is -4.66. The summed E-state index contributed by atoms with van der Waals surface area (Å²) in [5.74, 6) is -0.437. The first kappa shape index (κ1) is 53.7. The number of aromatic nitrogens is 8. The van der Waals surface area contributed by atoms with Gasteiger partial charge in [0, 0.05) is 24.5 Å². The van der Waals surface area contributed by atoms with E-state index in [0.717, 1.165) is 35.4 Å². The first-order chi connectivity index (χ1) is 33.9. The molecule has 4 aromatic rings. The molecule has 72 heavy (non-hydrogen) atoms. The van der Waals surface area contributed by atoms with Crippen LogP contribution in [-0.2, 0) is 59.8 Å². The molecule has 0 bridgehead atoms. The summed E-state index contributed by atoms with van der Waals surface area (Å²) in [7, 11) is -16.6. The number of rotatable bonds is 19. The van der Waals surface area contributed by atoms with Crippen molar-refractivity contribution in [2.75, 3.05) is 38.8 Å². The van der Waals surface area contributed by atoms with Gasteiger partial charge in [0.15, 0.2) is 29.8 Å². The maximum atomic E-state index is 13.8. The quantitative estimate of drug-likeness (QED) is 0.0388. The molecule has 3 unspecified atom stereocenters. The number of nitrogen functional groups attached to an aromatic ring is 1. The molecule has 36 nitrogen and oxygen atoms in total. The van der Waals surface area contributed by atoms with Gasteiger partial charge in [0.05, 0.1) is 39.4 Å². The number of fused-ring (bicyclic) bond motifs is 1. The Morgan fingerprint density at radius 1 is 0.639 bits per heavy atom. The molecule has 4 aliphatic heterocycles. The molecule has 8 rings (SSSR count). The minimum Gasteiger partial charge on any atom is -0.394 e. The van der Waals surface area contributed by atoms with Crippen molar-refractivity contribution in [3.8, 4) is 0 Å². The smallest absolute Gasteiger partial charge is 0.394 e. The van der Waals surface area contributed by atoms with Crippen molar-refractivity contribution < 1.29 is 105 Å². The molecule has 18 atom stereocenters. The lowest BCUT2D eigenvalue weighted by atomic mass is 10.1. The Morgan fingerprint density at radius 2 is 1.07 bits per heavy atom. The van der Waals surface area contributed by atoms with Gasteiger partial charge in [-0.05, 0) is 0 Å². The molecule has 4 aromatic heterocycles. The topological polar surface area (TPSA) is 525 Å². The fourth-order valence-corrected chi connectivity index (χ4v) is 10.8. The normalized spacial score (nSPS) is 34.3. The lowest BCUT2D eigenvalue weighted by Crippen LogP contribution is -2.39. The second-order valence-corrected chi connectivity index (χ2v) is 20.3. The van der Waals surface area contributed by atoms with E-state index in [0.29, 0.717) is 9.13 Å². The SMILES string of the molecule is Nc1nc2c(ncn2[C@@H]2O[C@H](COP(=O)(O)O[C@H]3[C@@H](O)[C@H](n4ccc(=O)[nH]c4=O)O[C@@H]3CO)[C@@H](OP(=O)(O)OC[C@H]3O[C@@H](n4ccc(=O)[nH]c4=O)[C@H](O)[C@@H]3OP(=O)(O)OC[C@H]3OC[C@H](O)[C@@H]3O)[C@H]2O)c(=O)[nH]1. The molecule has 14 N–H and O–H groups in total. The summed E-state index contributed by atoms with van der Waals surface area (Å²) in [5, 5.41) is 63.6. The van der Waals surface area contributed by atoms with E-state index in [1.807, 2.05) is 9.97 Å². The molecular formula is C33H44N9O27P3. The van der Waals surface area contributed by atoms with Crippen LogP contribution in [0.5, 0.6) is 0 Å². The third-order valence-corrected chi connectivity index (χ3v) is 14.3. The van der Waals surface area contributed by atoms with E-state index < -0.39 is 176 Å². The van der Waals surface area contributed by atoms with Gasteiger partial charge in [-0.3, -0.25) is 70.2 Å². The highest BCUT2D eigenvalue weighted by Gasteiger charge is 2.54. The van der Waals surface area contributed by atoms with Crippen molar-refractivity contribution >= 4 is 40.6 Å². The molecule has 0 radical (unpaired) electrons. The molecule has 4 aliphatic rings. The zero-order valence-electron chi connectivity index (χ0n) is 36.1. The molecule has 398 valence electrons. The molecule has 0 aromatic carbocycles. The van der Waals surface area contributed by atoms with E-state index >= 15 is 0 Å². The first-order valence-corrected chi connectivity index (χ1v) is 25.3. The molecular weight excluding hydrogens is 1050 g/mol. The monoisotopic (exact) mass is 1090 g/mol. The van der Waals surface area contributed by atoms with Crippen molar-refractivity contribution in [1.82, 2.24) is 38.6 Å². The number of hydrogen-bond acceptors (Lipinski definition) is 27. The number of hydrogen-bond donors (Lipinski definition) is 13. The van der Waals surface area contributed by atoms with Crippen LogP contribution in [0.3, 0.4) is 0 Å². The highest BCUT2D eigenvalue weighted by Crippen LogP contribution is 2.53. The van der Waals surface area contributed by atoms with Crippen LogP contribution in [0, 0.1) is 0 Å². The van der Waals surface area contributed by atoms with Crippen LogP contribution in [0.4, 0.5) is 5.95 Å². The average molecular weight is 1090 g/mol. The van der Waals surface area contributed by atoms with Crippen molar-refractivity contribution in [2.24, 2.45) is 0 Å². The number of anilines is 1. The Morgan fingerprint density at radius 3 is 1.50 bits per heavy atom. The molecule has 0 amide bonds. The van der Waals surface area contributed by atoms with Crippen molar-refractivity contribution in [3.05, 3.63) is 82.9 Å². The third-order valence-electron chi connectivity index (χ3n) is 11.3. The number of aromatic amines is 3. The van der Waals surface area contributed by atoms with Crippen LogP contribution in [0.2, 0.25) is 0 Å². The number of ether oxygens (including phenoxy) is 4. The Labute approximate surface area is 397 Å². The third kappa shape index (κ3) is 11.4. The number of nitrogens with two attached hydrogens (primary N) is 1. The van der Waals surface area contributed by atoms with Crippen molar-refractivity contribution in [1.29, 1.82) is 0 Å². The Bertz CT molecular complexity index is 3070. The van der Waals surface area contributed by atoms with E-state index in [1.165, 1.54) is 0 Å². The van der Waals surface area contributed by atoms with Gasteiger partial charge in [-0.2, -0.15) is 4.98 Å². The van der Waals surface area contributed by atoms with E-state index in [2.05, 4.69) is 15.0 Å². The van der Waals surface area contributed by atoms with E-state index in [1.54, 1.807) is 0 Å². The highest BCUT2D eigenvalue weighted by atomic mass is 31.2. The number of aliphatic hydroxyl groups excluding tert-OH is 6. The predicted molar refractivity (Wildman–Crippen MR) is 226 cm³/mol. The standard InChI is InChI=1S/C33H44N9O27P3/c34-31-38-26-18(27(51)39-31)35-10-42(26)30-22(50)25(15(66-30)9-62-71(56,57)67-23-12(5-43)64-28(20(23)48)40-3-1-16(45)36-32(40)52)69-72(58,59)63-8-14-24(21(49)29(65-14)41-4-2-17(46)37-33(41)53)68-70(54,55)61-7-13-19(47)11(44)6-60-13/h1-4,10-15,19-25,28-30,43-44,47-50H,5-9H2,(H,54,55)(H,56,57)(H,58,59)(H,36,45,52)(H,37,46,53)(H3,34,38,39,51)/t11-,12+,13+,14+,15+,19-,20+,21+,22+,23+,24+,25+,28+,29+,30+/m0/s1. The molecule has 4 fully saturated rings. The van der Waals surface area contributed by atoms with Gasteiger partial charge in [-0.1, -0.05) is 0 Å². The number of nitrogens with one attached hydrogen (secondary N) is 3. The van der Waals surface area contributed by atoms with E-state index in [9.17, 15) is 83.0 Å².